The van der Waals surface area contributed by atoms with Crippen LogP contribution in [0.2, 0.25) is 0 Å². The molecule has 0 fully saturated rings. The first kappa shape index (κ1) is 23.4. The van der Waals surface area contributed by atoms with Gasteiger partial charge in [0.05, 0.1) is 6.42 Å². The van der Waals surface area contributed by atoms with E-state index in [4.69, 9.17) is 4.74 Å². The van der Waals surface area contributed by atoms with Crippen LogP contribution in [0.4, 0.5) is 0 Å². The highest BCUT2D eigenvalue weighted by Gasteiger charge is 2.26. The first-order chi connectivity index (χ1) is 14.3. The van der Waals surface area contributed by atoms with E-state index in [9.17, 15) is 14.4 Å². The number of esters is 1. The molecule has 2 N–H and O–H groups in total. The van der Waals surface area contributed by atoms with Crippen molar-refractivity contribution in [3.8, 4) is 0 Å². The molecule has 0 unspecified atom stereocenters. The maximum Gasteiger partial charge on any atom is 0.329 e. The molecule has 6 nitrogen and oxygen atoms in total. The molecule has 0 aromatic heterocycles. The maximum atomic E-state index is 12.6. The Morgan fingerprint density at radius 3 is 2.33 bits per heavy atom. The molecule has 0 aliphatic rings. The molecule has 2 atom stereocenters. The Hall–Kier alpha value is -2.89. The molecule has 6 heteroatoms. The fraction of sp³-hybridized carbons (Fsp3) is 0.458. The minimum Gasteiger partial charge on any atom is -0.454 e. The van der Waals surface area contributed by atoms with Gasteiger partial charge in [-0.1, -0.05) is 69.7 Å². The lowest BCUT2D eigenvalue weighted by atomic mass is 10.0. The SMILES string of the molecule is CCC[C@@H](C)NC(=O)COC(=O)[C@@H](NC(=O)Cc1cccc2ccccc12)C(C)C. The van der Waals surface area contributed by atoms with E-state index in [0.29, 0.717) is 0 Å². The van der Waals surface area contributed by atoms with Crippen molar-refractivity contribution in [2.75, 3.05) is 6.61 Å². The maximum absolute atomic E-state index is 12.6. The molecular formula is C24H32N2O4. The summed E-state index contributed by atoms with van der Waals surface area (Å²) in [6.07, 6.45) is 1.98. The molecule has 0 saturated carbocycles. The average Bonchev–Trinajstić information content (AvgIpc) is 2.70. The van der Waals surface area contributed by atoms with Crippen molar-refractivity contribution < 1.29 is 19.1 Å². The van der Waals surface area contributed by atoms with Crippen LogP contribution in [0, 0.1) is 5.92 Å². The summed E-state index contributed by atoms with van der Waals surface area (Å²) in [5, 5.41) is 7.63. The van der Waals surface area contributed by atoms with Crippen molar-refractivity contribution in [2.24, 2.45) is 5.92 Å². The Labute approximate surface area is 178 Å². The minimum atomic E-state index is -0.812. The van der Waals surface area contributed by atoms with Gasteiger partial charge in [-0.25, -0.2) is 4.79 Å². The highest BCUT2D eigenvalue weighted by atomic mass is 16.5. The molecule has 0 spiro atoms. The summed E-state index contributed by atoms with van der Waals surface area (Å²) in [6.45, 7) is 7.25. The number of benzene rings is 2. The lowest BCUT2D eigenvalue weighted by Gasteiger charge is -2.21. The van der Waals surface area contributed by atoms with E-state index in [0.717, 1.165) is 29.2 Å². The van der Waals surface area contributed by atoms with E-state index >= 15 is 0 Å². The van der Waals surface area contributed by atoms with Crippen LogP contribution in [-0.2, 0) is 25.5 Å². The Balaban J connectivity index is 1.95. The normalized spacial score (nSPS) is 13.0. The van der Waals surface area contributed by atoms with Gasteiger partial charge in [-0.05, 0) is 35.6 Å². The summed E-state index contributed by atoms with van der Waals surface area (Å²) in [5.41, 5.74) is 0.894. The predicted octanol–water partition coefficient (Wildman–Crippen LogP) is 3.37. The van der Waals surface area contributed by atoms with E-state index in [-0.39, 0.29) is 36.8 Å². The summed E-state index contributed by atoms with van der Waals surface area (Å²) in [4.78, 5) is 37.1. The summed E-state index contributed by atoms with van der Waals surface area (Å²) in [5.74, 6) is -1.37. The molecule has 0 aliphatic heterocycles. The number of hydrogen-bond acceptors (Lipinski definition) is 4. The summed E-state index contributed by atoms with van der Waals surface area (Å²) in [7, 11) is 0. The van der Waals surface area contributed by atoms with E-state index in [1.807, 2.05) is 70.2 Å². The first-order valence-corrected chi connectivity index (χ1v) is 10.5. The monoisotopic (exact) mass is 412 g/mol. The molecule has 162 valence electrons. The van der Waals surface area contributed by atoms with Gasteiger partial charge in [0.1, 0.15) is 6.04 Å². The van der Waals surface area contributed by atoms with Gasteiger partial charge in [0.2, 0.25) is 5.91 Å². The van der Waals surface area contributed by atoms with E-state index < -0.39 is 12.0 Å². The zero-order chi connectivity index (χ0) is 22.1. The van der Waals surface area contributed by atoms with Crippen molar-refractivity contribution in [1.82, 2.24) is 10.6 Å². The van der Waals surface area contributed by atoms with Crippen molar-refractivity contribution in [3.05, 3.63) is 48.0 Å². The van der Waals surface area contributed by atoms with Crippen molar-refractivity contribution in [1.29, 1.82) is 0 Å². The minimum absolute atomic E-state index is 0.0301. The molecule has 30 heavy (non-hydrogen) atoms. The highest BCUT2D eigenvalue weighted by Crippen LogP contribution is 2.19. The number of fused-ring (bicyclic) bond motifs is 1. The molecular weight excluding hydrogens is 380 g/mol. The number of ether oxygens (including phenoxy) is 1. The Kier molecular flexibility index (Phi) is 8.84. The van der Waals surface area contributed by atoms with Crippen LogP contribution in [0.1, 0.15) is 46.1 Å². The molecule has 0 radical (unpaired) electrons. The molecule has 2 rings (SSSR count). The van der Waals surface area contributed by atoms with Gasteiger partial charge < -0.3 is 15.4 Å². The Morgan fingerprint density at radius 1 is 0.933 bits per heavy atom. The van der Waals surface area contributed by atoms with Gasteiger partial charge in [0.25, 0.3) is 5.91 Å². The van der Waals surface area contributed by atoms with Crippen LogP contribution >= 0.6 is 0 Å². The molecule has 2 amide bonds. The van der Waals surface area contributed by atoms with Gasteiger partial charge in [0, 0.05) is 6.04 Å². The second-order valence-electron chi connectivity index (χ2n) is 7.97. The van der Waals surface area contributed by atoms with Crippen molar-refractivity contribution >= 4 is 28.6 Å². The molecule has 2 aromatic rings. The van der Waals surface area contributed by atoms with Crippen LogP contribution < -0.4 is 10.6 Å². The average molecular weight is 413 g/mol. The smallest absolute Gasteiger partial charge is 0.329 e. The third kappa shape index (κ3) is 6.87. The van der Waals surface area contributed by atoms with Crippen LogP contribution in [0.25, 0.3) is 10.8 Å². The van der Waals surface area contributed by atoms with Gasteiger partial charge in [0.15, 0.2) is 6.61 Å². The third-order valence-corrected chi connectivity index (χ3v) is 4.94. The first-order valence-electron chi connectivity index (χ1n) is 10.5. The lowest BCUT2D eigenvalue weighted by Crippen LogP contribution is -2.47. The zero-order valence-electron chi connectivity index (χ0n) is 18.2. The largest absolute Gasteiger partial charge is 0.454 e. The highest BCUT2D eigenvalue weighted by molar-refractivity contribution is 5.92. The van der Waals surface area contributed by atoms with Gasteiger partial charge >= 0.3 is 5.97 Å². The van der Waals surface area contributed by atoms with E-state index in [2.05, 4.69) is 10.6 Å². The number of amides is 2. The van der Waals surface area contributed by atoms with Crippen LogP contribution in [0.15, 0.2) is 42.5 Å². The van der Waals surface area contributed by atoms with Crippen molar-refractivity contribution in [2.45, 2.75) is 59.0 Å². The summed E-state index contributed by atoms with van der Waals surface area (Å²) >= 11 is 0. The van der Waals surface area contributed by atoms with Crippen LogP contribution in [0.5, 0.6) is 0 Å². The quantitative estimate of drug-likeness (QED) is 0.586. The Morgan fingerprint density at radius 2 is 1.63 bits per heavy atom. The van der Waals surface area contributed by atoms with Gasteiger partial charge in [-0.15, -0.1) is 0 Å². The number of hydrogen-bond donors (Lipinski definition) is 2. The number of nitrogens with one attached hydrogen (secondary N) is 2. The standard InChI is InChI=1S/C24H32N2O4/c1-5-9-17(4)25-22(28)15-30-24(29)23(16(2)3)26-21(27)14-19-12-8-11-18-10-6-7-13-20(18)19/h6-8,10-13,16-17,23H,5,9,14-15H2,1-4H3,(H,25,28)(H,26,27)/t17-,23+/m1/s1. The molecule has 0 saturated heterocycles. The number of carbonyl (C=O) groups excluding carboxylic acids is 3. The van der Waals surface area contributed by atoms with Crippen LogP contribution in [-0.4, -0.2) is 36.5 Å². The number of carbonyl (C=O) groups is 3. The lowest BCUT2D eigenvalue weighted by molar-refractivity contribution is -0.152. The van der Waals surface area contributed by atoms with Gasteiger partial charge in [-0.2, -0.15) is 0 Å². The van der Waals surface area contributed by atoms with Crippen LogP contribution in [0.3, 0.4) is 0 Å². The topological polar surface area (TPSA) is 84.5 Å². The third-order valence-electron chi connectivity index (χ3n) is 4.94. The molecule has 0 aliphatic carbocycles. The zero-order valence-corrected chi connectivity index (χ0v) is 18.2. The van der Waals surface area contributed by atoms with Gasteiger partial charge in [-0.3, -0.25) is 9.59 Å². The van der Waals surface area contributed by atoms with E-state index in [1.165, 1.54) is 0 Å². The second kappa shape index (κ2) is 11.3. The second-order valence-corrected chi connectivity index (χ2v) is 7.97. The molecule has 0 bridgehead atoms. The molecule has 0 heterocycles. The van der Waals surface area contributed by atoms with Crippen molar-refractivity contribution in [3.63, 3.8) is 0 Å². The fourth-order valence-corrected chi connectivity index (χ4v) is 3.39. The number of rotatable bonds is 10. The summed E-state index contributed by atoms with van der Waals surface area (Å²) in [6, 6.07) is 12.9. The molecule has 2 aromatic carbocycles. The summed E-state index contributed by atoms with van der Waals surface area (Å²) < 4.78 is 5.16. The fourth-order valence-electron chi connectivity index (χ4n) is 3.39. The predicted molar refractivity (Wildman–Crippen MR) is 118 cm³/mol. The van der Waals surface area contributed by atoms with E-state index in [1.54, 1.807) is 0 Å². The Bertz CT molecular complexity index is 873.